The molecule has 1 aromatic carbocycles. The zero-order chi connectivity index (χ0) is 13.2. The molecule has 2 nitrogen and oxygen atoms in total. The molecule has 1 fully saturated rings. The molecule has 6 heteroatoms. The van der Waals surface area contributed by atoms with Crippen molar-refractivity contribution >= 4 is 15.9 Å². The fourth-order valence-electron chi connectivity index (χ4n) is 1.93. The smallest absolute Gasteiger partial charge is 0.420 e. The summed E-state index contributed by atoms with van der Waals surface area (Å²) in [4.78, 5) is 0. The van der Waals surface area contributed by atoms with E-state index in [-0.39, 0.29) is 11.9 Å². The van der Waals surface area contributed by atoms with E-state index in [0.29, 0.717) is 11.0 Å². The van der Waals surface area contributed by atoms with Crippen molar-refractivity contribution in [1.82, 2.24) is 5.32 Å². The normalized spacial score (nSPS) is 20.8. The monoisotopic (exact) mass is 323 g/mol. The maximum Gasteiger partial charge on any atom is 0.420 e. The molecule has 0 radical (unpaired) electrons. The molecular formula is C12H13BrF3NO. The van der Waals surface area contributed by atoms with Crippen molar-refractivity contribution in [2.24, 2.45) is 0 Å². The van der Waals surface area contributed by atoms with Crippen LogP contribution < -0.4 is 10.1 Å². The maximum absolute atomic E-state index is 12.9. The van der Waals surface area contributed by atoms with Crippen LogP contribution in [-0.2, 0) is 6.18 Å². The summed E-state index contributed by atoms with van der Waals surface area (Å²) in [6.07, 6.45) is -2.90. The molecule has 0 amide bonds. The van der Waals surface area contributed by atoms with E-state index in [1.54, 1.807) is 6.07 Å². The molecule has 18 heavy (non-hydrogen) atoms. The van der Waals surface area contributed by atoms with Gasteiger partial charge in [0.05, 0.1) is 5.56 Å². The van der Waals surface area contributed by atoms with E-state index in [4.69, 9.17) is 4.74 Å². The van der Waals surface area contributed by atoms with E-state index in [0.717, 1.165) is 25.5 Å². The standard InChI is InChI=1S/C12H13BrF3NO/c13-8-3-4-11(10(6-8)12(14,15)16)18-9-2-1-5-17-7-9/h3-4,6,9,17H,1-2,5,7H2/t9-/m0/s1. The first-order valence-corrected chi connectivity index (χ1v) is 6.50. The summed E-state index contributed by atoms with van der Waals surface area (Å²) in [6.45, 7) is 1.49. The Bertz CT molecular complexity index is 416. The molecule has 1 aromatic rings. The molecule has 100 valence electrons. The second-order valence-corrected chi connectivity index (χ2v) is 5.14. The predicted octanol–water partition coefficient (Wildman–Crippen LogP) is 3.60. The summed E-state index contributed by atoms with van der Waals surface area (Å²) in [5.74, 6) is -0.0978. The van der Waals surface area contributed by atoms with Gasteiger partial charge in [-0.1, -0.05) is 15.9 Å². The van der Waals surface area contributed by atoms with E-state index < -0.39 is 11.7 Å². The molecule has 0 aliphatic carbocycles. The van der Waals surface area contributed by atoms with Crippen molar-refractivity contribution in [2.75, 3.05) is 13.1 Å². The fraction of sp³-hybridized carbons (Fsp3) is 0.500. The largest absolute Gasteiger partial charge is 0.488 e. The minimum atomic E-state index is -4.40. The molecular weight excluding hydrogens is 311 g/mol. The maximum atomic E-state index is 12.9. The fourth-order valence-corrected chi connectivity index (χ4v) is 2.29. The van der Waals surface area contributed by atoms with Crippen molar-refractivity contribution in [3.8, 4) is 5.75 Å². The van der Waals surface area contributed by atoms with E-state index >= 15 is 0 Å². The van der Waals surface area contributed by atoms with Gasteiger partial charge in [-0.05, 0) is 37.6 Å². The average molecular weight is 324 g/mol. The number of alkyl halides is 3. The van der Waals surface area contributed by atoms with Crippen LogP contribution in [0.25, 0.3) is 0 Å². The number of nitrogens with one attached hydrogen (secondary N) is 1. The van der Waals surface area contributed by atoms with Gasteiger partial charge in [-0.3, -0.25) is 0 Å². The molecule has 1 aliphatic rings. The van der Waals surface area contributed by atoms with Crippen molar-refractivity contribution in [2.45, 2.75) is 25.1 Å². The molecule has 0 bridgehead atoms. The van der Waals surface area contributed by atoms with Crippen molar-refractivity contribution in [1.29, 1.82) is 0 Å². The third kappa shape index (κ3) is 3.38. The van der Waals surface area contributed by atoms with E-state index in [2.05, 4.69) is 21.2 Å². The first-order chi connectivity index (χ1) is 8.47. The van der Waals surface area contributed by atoms with E-state index in [1.165, 1.54) is 6.07 Å². The van der Waals surface area contributed by atoms with Crippen LogP contribution in [0.3, 0.4) is 0 Å². The summed E-state index contributed by atoms with van der Waals surface area (Å²) < 4.78 is 44.5. The lowest BCUT2D eigenvalue weighted by Crippen LogP contribution is -2.37. The van der Waals surface area contributed by atoms with Crippen LogP contribution >= 0.6 is 15.9 Å². The Balaban J connectivity index is 2.21. The van der Waals surface area contributed by atoms with Crippen molar-refractivity contribution in [3.05, 3.63) is 28.2 Å². The number of halogens is 4. The molecule has 1 aliphatic heterocycles. The Morgan fingerprint density at radius 1 is 1.33 bits per heavy atom. The molecule has 1 saturated heterocycles. The highest BCUT2D eigenvalue weighted by atomic mass is 79.9. The lowest BCUT2D eigenvalue weighted by atomic mass is 10.1. The first kappa shape index (κ1) is 13.7. The van der Waals surface area contributed by atoms with Gasteiger partial charge < -0.3 is 10.1 Å². The minimum Gasteiger partial charge on any atom is -0.488 e. The van der Waals surface area contributed by atoms with Gasteiger partial charge in [0.1, 0.15) is 11.9 Å². The molecule has 0 aromatic heterocycles. The number of hydrogen-bond acceptors (Lipinski definition) is 2. The van der Waals surface area contributed by atoms with E-state index in [9.17, 15) is 13.2 Å². The molecule has 2 rings (SSSR count). The van der Waals surface area contributed by atoms with Gasteiger partial charge in [0.25, 0.3) is 0 Å². The van der Waals surface area contributed by atoms with Crippen LogP contribution in [0.1, 0.15) is 18.4 Å². The minimum absolute atomic E-state index is 0.0978. The average Bonchev–Trinajstić information content (AvgIpc) is 2.31. The summed E-state index contributed by atoms with van der Waals surface area (Å²) in [5.41, 5.74) is -0.734. The SMILES string of the molecule is FC(F)(F)c1cc(Br)ccc1O[C@H]1CCCNC1. The zero-order valence-corrected chi connectivity index (χ0v) is 11.1. The van der Waals surface area contributed by atoms with E-state index in [1.807, 2.05) is 0 Å². The zero-order valence-electron chi connectivity index (χ0n) is 9.56. The third-order valence-corrected chi connectivity index (χ3v) is 3.29. The number of rotatable bonds is 2. The summed E-state index contributed by atoms with van der Waals surface area (Å²) in [7, 11) is 0. The van der Waals surface area contributed by atoms with Crippen molar-refractivity contribution < 1.29 is 17.9 Å². The summed E-state index contributed by atoms with van der Waals surface area (Å²) >= 11 is 3.05. The predicted molar refractivity (Wildman–Crippen MR) is 65.7 cm³/mol. The van der Waals surface area contributed by atoms with Crippen LogP contribution in [-0.4, -0.2) is 19.2 Å². The Hall–Kier alpha value is -0.750. The lowest BCUT2D eigenvalue weighted by Gasteiger charge is -2.25. The second kappa shape index (κ2) is 5.48. The Morgan fingerprint density at radius 2 is 2.11 bits per heavy atom. The van der Waals surface area contributed by atoms with Gasteiger partial charge >= 0.3 is 6.18 Å². The molecule has 0 unspecified atom stereocenters. The highest BCUT2D eigenvalue weighted by molar-refractivity contribution is 9.10. The Labute approximate surface area is 112 Å². The van der Waals surface area contributed by atoms with Gasteiger partial charge in [-0.15, -0.1) is 0 Å². The molecule has 1 atom stereocenters. The van der Waals surface area contributed by atoms with Crippen LogP contribution in [0.15, 0.2) is 22.7 Å². The Morgan fingerprint density at radius 3 is 2.72 bits per heavy atom. The Kier molecular flexibility index (Phi) is 4.17. The number of ether oxygens (including phenoxy) is 1. The quantitative estimate of drug-likeness (QED) is 0.897. The van der Waals surface area contributed by atoms with Crippen LogP contribution in [0.4, 0.5) is 13.2 Å². The number of hydrogen-bond donors (Lipinski definition) is 1. The lowest BCUT2D eigenvalue weighted by molar-refractivity contribution is -0.139. The molecule has 1 heterocycles. The van der Waals surface area contributed by atoms with Crippen LogP contribution in [0.5, 0.6) is 5.75 Å². The topological polar surface area (TPSA) is 21.3 Å². The van der Waals surface area contributed by atoms with Crippen LogP contribution in [0.2, 0.25) is 0 Å². The van der Waals surface area contributed by atoms with Gasteiger partial charge in [-0.2, -0.15) is 13.2 Å². The van der Waals surface area contributed by atoms with Crippen LogP contribution in [0, 0.1) is 0 Å². The van der Waals surface area contributed by atoms with Gasteiger partial charge in [0.15, 0.2) is 0 Å². The van der Waals surface area contributed by atoms with Gasteiger partial charge in [0.2, 0.25) is 0 Å². The third-order valence-electron chi connectivity index (χ3n) is 2.79. The first-order valence-electron chi connectivity index (χ1n) is 5.71. The highest BCUT2D eigenvalue weighted by Gasteiger charge is 2.35. The number of piperidine rings is 1. The molecule has 0 saturated carbocycles. The highest BCUT2D eigenvalue weighted by Crippen LogP contribution is 2.38. The number of benzene rings is 1. The second-order valence-electron chi connectivity index (χ2n) is 4.22. The summed E-state index contributed by atoms with van der Waals surface area (Å²) in [6, 6.07) is 3.97. The van der Waals surface area contributed by atoms with Crippen molar-refractivity contribution in [3.63, 3.8) is 0 Å². The summed E-state index contributed by atoms with van der Waals surface area (Å²) in [5, 5.41) is 3.11. The van der Waals surface area contributed by atoms with Gasteiger partial charge in [-0.25, -0.2) is 0 Å². The van der Waals surface area contributed by atoms with Gasteiger partial charge in [0, 0.05) is 11.0 Å². The molecule has 1 N–H and O–H groups in total. The molecule has 0 spiro atoms.